The van der Waals surface area contributed by atoms with Crippen molar-refractivity contribution >= 4 is 29.2 Å². The topological polar surface area (TPSA) is 73.9 Å². The van der Waals surface area contributed by atoms with Crippen LogP contribution in [0.1, 0.15) is 16.8 Å². The smallest absolute Gasteiger partial charge is 0.338 e. The number of benzene rings is 2. The van der Waals surface area contributed by atoms with Gasteiger partial charge >= 0.3 is 5.97 Å². The van der Waals surface area contributed by atoms with Crippen LogP contribution in [0.2, 0.25) is 5.02 Å². The predicted octanol–water partition coefficient (Wildman–Crippen LogP) is 3.30. The molecule has 130 valence electrons. The van der Waals surface area contributed by atoms with Gasteiger partial charge in [-0.1, -0.05) is 17.7 Å². The maximum absolute atomic E-state index is 12.0. The van der Waals surface area contributed by atoms with Crippen LogP contribution in [-0.2, 0) is 9.53 Å². The third-order valence-corrected chi connectivity index (χ3v) is 3.66. The number of halogens is 1. The quantitative estimate of drug-likeness (QED) is 0.846. The highest BCUT2D eigenvalue weighted by Crippen LogP contribution is 2.32. The Morgan fingerprint density at radius 1 is 1.08 bits per heavy atom. The van der Waals surface area contributed by atoms with Crippen molar-refractivity contribution in [3.63, 3.8) is 0 Å². The third kappa shape index (κ3) is 4.64. The fraction of sp³-hybridized carbons (Fsp3) is 0.222. The number of hydrogen-bond acceptors (Lipinski definition) is 5. The lowest BCUT2D eigenvalue weighted by Gasteiger charge is -2.10. The van der Waals surface area contributed by atoms with Gasteiger partial charge in [-0.25, -0.2) is 4.79 Å². The van der Waals surface area contributed by atoms with Crippen LogP contribution in [0, 0.1) is 0 Å². The van der Waals surface area contributed by atoms with E-state index in [2.05, 4.69) is 5.32 Å². The van der Waals surface area contributed by atoms with E-state index < -0.39 is 18.5 Å². The van der Waals surface area contributed by atoms with Crippen molar-refractivity contribution in [3.8, 4) is 11.5 Å². The molecular weight excluding hydrogens is 346 g/mol. The Hall–Kier alpha value is -2.73. The minimum Gasteiger partial charge on any atom is -0.490 e. The number of ether oxygens (including phenoxy) is 3. The Kier molecular flexibility index (Phi) is 5.40. The van der Waals surface area contributed by atoms with Gasteiger partial charge in [0.2, 0.25) is 0 Å². The van der Waals surface area contributed by atoms with E-state index in [1.807, 2.05) is 0 Å². The first-order valence-electron chi connectivity index (χ1n) is 7.74. The van der Waals surface area contributed by atoms with Gasteiger partial charge < -0.3 is 19.5 Å². The van der Waals surface area contributed by atoms with Gasteiger partial charge in [0.05, 0.1) is 18.8 Å². The number of rotatable bonds is 4. The molecule has 0 radical (unpaired) electrons. The summed E-state index contributed by atoms with van der Waals surface area (Å²) < 4.78 is 16.1. The predicted molar refractivity (Wildman–Crippen MR) is 92.4 cm³/mol. The van der Waals surface area contributed by atoms with E-state index in [0.29, 0.717) is 35.4 Å². The maximum atomic E-state index is 12.0. The van der Waals surface area contributed by atoms with E-state index in [1.165, 1.54) is 6.07 Å². The molecule has 1 aliphatic heterocycles. The van der Waals surface area contributed by atoms with Gasteiger partial charge in [-0.05, 0) is 30.3 Å². The summed E-state index contributed by atoms with van der Waals surface area (Å²) in [5.74, 6) is 0.148. The van der Waals surface area contributed by atoms with Gasteiger partial charge in [0.1, 0.15) is 0 Å². The Morgan fingerprint density at radius 2 is 1.88 bits per heavy atom. The molecule has 1 N–H and O–H groups in total. The van der Waals surface area contributed by atoms with Crippen molar-refractivity contribution < 1.29 is 23.8 Å². The Morgan fingerprint density at radius 3 is 2.68 bits per heavy atom. The molecule has 0 aromatic heterocycles. The van der Waals surface area contributed by atoms with E-state index in [4.69, 9.17) is 25.8 Å². The molecule has 0 saturated heterocycles. The number of esters is 1. The van der Waals surface area contributed by atoms with E-state index in [-0.39, 0.29) is 5.56 Å². The van der Waals surface area contributed by atoms with Crippen LogP contribution in [0.25, 0.3) is 0 Å². The second-order valence-corrected chi connectivity index (χ2v) is 5.78. The Balaban J connectivity index is 1.56. The fourth-order valence-electron chi connectivity index (χ4n) is 2.27. The molecule has 0 spiro atoms. The van der Waals surface area contributed by atoms with Gasteiger partial charge in [-0.3, -0.25) is 4.79 Å². The molecule has 0 bridgehead atoms. The molecule has 7 heteroatoms. The maximum Gasteiger partial charge on any atom is 0.338 e. The van der Waals surface area contributed by atoms with Crippen LogP contribution in [0.3, 0.4) is 0 Å². The molecule has 1 heterocycles. The monoisotopic (exact) mass is 361 g/mol. The number of anilines is 1. The van der Waals surface area contributed by atoms with Crippen LogP contribution in [-0.4, -0.2) is 31.7 Å². The molecule has 0 saturated carbocycles. The number of nitrogens with one attached hydrogen (secondary N) is 1. The summed E-state index contributed by atoms with van der Waals surface area (Å²) in [7, 11) is 0. The zero-order valence-electron chi connectivity index (χ0n) is 13.3. The molecule has 1 aliphatic rings. The fourth-order valence-corrected chi connectivity index (χ4v) is 2.46. The summed E-state index contributed by atoms with van der Waals surface area (Å²) in [4.78, 5) is 23.9. The molecule has 0 fully saturated rings. The molecule has 0 unspecified atom stereocenters. The van der Waals surface area contributed by atoms with Gasteiger partial charge in [0.25, 0.3) is 5.91 Å². The zero-order chi connectivity index (χ0) is 17.6. The first-order valence-corrected chi connectivity index (χ1v) is 8.12. The van der Waals surface area contributed by atoms with Crippen LogP contribution < -0.4 is 14.8 Å². The summed E-state index contributed by atoms with van der Waals surface area (Å²) in [5.41, 5.74) is 0.823. The van der Waals surface area contributed by atoms with Crippen molar-refractivity contribution in [3.05, 3.63) is 53.1 Å². The summed E-state index contributed by atoms with van der Waals surface area (Å²) in [6, 6.07) is 11.4. The summed E-state index contributed by atoms with van der Waals surface area (Å²) in [6.45, 7) is 0.750. The second kappa shape index (κ2) is 7.90. The normalized spacial score (nSPS) is 12.8. The highest BCUT2D eigenvalue weighted by Gasteiger charge is 2.13. The van der Waals surface area contributed by atoms with Crippen LogP contribution >= 0.6 is 11.6 Å². The number of fused-ring (bicyclic) bond motifs is 1. The van der Waals surface area contributed by atoms with Gasteiger partial charge in [0.15, 0.2) is 18.1 Å². The lowest BCUT2D eigenvalue weighted by atomic mass is 10.2. The molecule has 2 aromatic carbocycles. The van der Waals surface area contributed by atoms with Crippen molar-refractivity contribution in [2.75, 3.05) is 25.1 Å². The SMILES string of the molecule is O=C(COC(=O)c1cccc(Cl)c1)Nc1ccc2c(c1)OCCCO2. The minimum absolute atomic E-state index is 0.288. The highest BCUT2D eigenvalue weighted by atomic mass is 35.5. The molecule has 1 amide bonds. The molecule has 25 heavy (non-hydrogen) atoms. The average Bonchev–Trinajstić information content (AvgIpc) is 2.84. The first-order chi connectivity index (χ1) is 12.1. The van der Waals surface area contributed by atoms with E-state index in [0.717, 1.165) is 6.42 Å². The molecule has 0 aliphatic carbocycles. The number of amides is 1. The number of hydrogen-bond donors (Lipinski definition) is 1. The third-order valence-electron chi connectivity index (χ3n) is 3.43. The van der Waals surface area contributed by atoms with Crippen molar-refractivity contribution in [2.24, 2.45) is 0 Å². The zero-order valence-corrected chi connectivity index (χ0v) is 14.0. The van der Waals surface area contributed by atoms with E-state index in [9.17, 15) is 9.59 Å². The highest BCUT2D eigenvalue weighted by molar-refractivity contribution is 6.30. The van der Waals surface area contributed by atoms with E-state index >= 15 is 0 Å². The largest absolute Gasteiger partial charge is 0.490 e. The Labute approximate surface area is 149 Å². The first kappa shape index (κ1) is 17.1. The lowest BCUT2D eigenvalue weighted by Crippen LogP contribution is -2.21. The van der Waals surface area contributed by atoms with Crippen molar-refractivity contribution in [2.45, 2.75) is 6.42 Å². The standard InChI is InChI=1S/C18H16ClNO5/c19-13-4-1-3-12(9-13)18(22)25-11-17(21)20-14-5-6-15-16(10-14)24-8-2-7-23-15/h1,3-6,9-10H,2,7-8,11H2,(H,20,21). The van der Waals surface area contributed by atoms with E-state index in [1.54, 1.807) is 36.4 Å². The average molecular weight is 362 g/mol. The van der Waals surface area contributed by atoms with Gasteiger partial charge in [0, 0.05) is 23.2 Å². The van der Waals surface area contributed by atoms with Crippen LogP contribution in [0.5, 0.6) is 11.5 Å². The van der Waals surface area contributed by atoms with Gasteiger partial charge in [-0.15, -0.1) is 0 Å². The van der Waals surface area contributed by atoms with Gasteiger partial charge in [-0.2, -0.15) is 0 Å². The van der Waals surface area contributed by atoms with Crippen LogP contribution in [0.4, 0.5) is 5.69 Å². The number of carbonyl (C=O) groups excluding carboxylic acids is 2. The second-order valence-electron chi connectivity index (χ2n) is 5.35. The minimum atomic E-state index is -0.615. The molecule has 0 atom stereocenters. The summed E-state index contributed by atoms with van der Waals surface area (Å²) in [5, 5.41) is 3.08. The molecule has 6 nitrogen and oxygen atoms in total. The van der Waals surface area contributed by atoms with Crippen molar-refractivity contribution in [1.82, 2.24) is 0 Å². The lowest BCUT2D eigenvalue weighted by molar-refractivity contribution is -0.119. The van der Waals surface area contributed by atoms with Crippen molar-refractivity contribution in [1.29, 1.82) is 0 Å². The number of carbonyl (C=O) groups is 2. The van der Waals surface area contributed by atoms with Crippen LogP contribution in [0.15, 0.2) is 42.5 Å². The molecule has 3 rings (SSSR count). The molecular formula is C18H16ClNO5. The summed E-state index contributed by atoms with van der Waals surface area (Å²) in [6.07, 6.45) is 0.801. The molecule has 2 aromatic rings. The Bertz CT molecular complexity index is 793. The summed E-state index contributed by atoms with van der Waals surface area (Å²) >= 11 is 5.82.